The Morgan fingerprint density at radius 3 is 2.06 bits per heavy atom. The van der Waals surface area contributed by atoms with Crippen LogP contribution in [-0.2, 0) is 0 Å². The summed E-state index contributed by atoms with van der Waals surface area (Å²) in [5.74, 6) is -0.693. The molecule has 1 nitrogen and oxygen atoms in total. The number of alkyl halides is 5. The largest absolute Gasteiger partial charge is 0.497 e. The summed E-state index contributed by atoms with van der Waals surface area (Å²) < 4.78 is 55.1. The summed E-state index contributed by atoms with van der Waals surface area (Å²) >= 11 is 1.59. The van der Waals surface area contributed by atoms with Crippen molar-refractivity contribution >= 4 is 15.9 Å². The molecule has 1 aromatic rings. The van der Waals surface area contributed by atoms with Crippen molar-refractivity contribution in [3.8, 4) is 17.6 Å². The fraction of sp³-hybridized carbons (Fsp3) is 0.273. The first-order valence-corrected chi connectivity index (χ1v) is 5.17. The molecule has 0 radical (unpaired) electrons. The van der Waals surface area contributed by atoms with Gasteiger partial charge in [0.15, 0.2) is 0 Å². The lowest BCUT2D eigenvalue weighted by Crippen LogP contribution is -2.33. The minimum Gasteiger partial charge on any atom is -0.497 e. The SMILES string of the molecule is COc1ccc(C#CC(F)(F)C(F)(F)Br)cc1. The summed E-state index contributed by atoms with van der Waals surface area (Å²) in [4.78, 5) is -4.35. The van der Waals surface area contributed by atoms with E-state index in [1.54, 1.807) is 15.9 Å². The summed E-state index contributed by atoms with van der Waals surface area (Å²) in [6, 6.07) is 5.78. The summed E-state index contributed by atoms with van der Waals surface area (Å²) in [5, 5.41) is 0. The molecular formula is C11H7BrF4O. The molecular weight excluding hydrogens is 304 g/mol. The lowest BCUT2D eigenvalue weighted by atomic mass is 10.2. The minimum absolute atomic E-state index is 0.197. The second-order valence-corrected chi connectivity index (χ2v) is 4.05. The van der Waals surface area contributed by atoms with Crippen LogP contribution in [0.4, 0.5) is 17.6 Å². The van der Waals surface area contributed by atoms with Crippen molar-refractivity contribution in [2.24, 2.45) is 0 Å². The van der Waals surface area contributed by atoms with E-state index in [0.717, 1.165) is 0 Å². The van der Waals surface area contributed by atoms with Crippen molar-refractivity contribution in [1.29, 1.82) is 0 Å². The molecule has 0 atom stereocenters. The second-order valence-electron chi connectivity index (χ2n) is 3.05. The maximum atomic E-state index is 12.8. The number of benzene rings is 1. The van der Waals surface area contributed by atoms with E-state index < -0.39 is 10.8 Å². The molecule has 0 saturated heterocycles. The lowest BCUT2D eigenvalue weighted by Gasteiger charge is -2.14. The number of hydrogen-bond acceptors (Lipinski definition) is 1. The zero-order valence-corrected chi connectivity index (χ0v) is 10.2. The van der Waals surface area contributed by atoms with Crippen molar-refractivity contribution in [3.63, 3.8) is 0 Å². The summed E-state index contributed by atoms with van der Waals surface area (Å²) in [7, 11) is 1.44. The fourth-order valence-corrected chi connectivity index (χ4v) is 0.995. The van der Waals surface area contributed by atoms with Gasteiger partial charge < -0.3 is 4.74 Å². The average molecular weight is 311 g/mol. The first-order valence-electron chi connectivity index (χ1n) is 4.38. The van der Waals surface area contributed by atoms with Crippen molar-refractivity contribution in [2.45, 2.75) is 10.8 Å². The highest BCUT2D eigenvalue weighted by Crippen LogP contribution is 2.38. The predicted molar refractivity (Wildman–Crippen MR) is 58.7 cm³/mol. The van der Waals surface area contributed by atoms with E-state index in [-0.39, 0.29) is 5.56 Å². The third-order valence-corrected chi connectivity index (χ3v) is 2.31. The maximum absolute atomic E-state index is 12.8. The number of halogens is 5. The Labute approximate surface area is 104 Å². The van der Waals surface area contributed by atoms with Gasteiger partial charge in [0.2, 0.25) is 0 Å². The van der Waals surface area contributed by atoms with Crippen LogP contribution in [-0.4, -0.2) is 17.9 Å². The predicted octanol–water partition coefficient (Wildman–Crippen LogP) is 3.67. The Hall–Kier alpha value is -1.22. The number of ether oxygens (including phenoxy) is 1. The van der Waals surface area contributed by atoms with Crippen LogP contribution < -0.4 is 4.74 Å². The zero-order valence-electron chi connectivity index (χ0n) is 8.61. The molecule has 0 N–H and O–H groups in total. The van der Waals surface area contributed by atoms with Crippen LogP contribution in [0, 0.1) is 11.8 Å². The van der Waals surface area contributed by atoms with Crippen LogP contribution in [0.1, 0.15) is 5.56 Å². The molecule has 1 aromatic carbocycles. The van der Waals surface area contributed by atoms with E-state index in [4.69, 9.17) is 4.74 Å². The van der Waals surface area contributed by atoms with E-state index in [2.05, 4.69) is 0 Å². The number of methoxy groups -OCH3 is 1. The van der Waals surface area contributed by atoms with Crippen molar-refractivity contribution in [2.75, 3.05) is 7.11 Å². The third-order valence-electron chi connectivity index (χ3n) is 1.81. The molecule has 1 rings (SSSR count). The molecule has 0 aliphatic rings. The van der Waals surface area contributed by atoms with Crippen LogP contribution >= 0.6 is 15.9 Å². The Morgan fingerprint density at radius 2 is 1.65 bits per heavy atom. The molecule has 0 amide bonds. The van der Waals surface area contributed by atoms with Gasteiger partial charge in [-0.1, -0.05) is 5.92 Å². The van der Waals surface area contributed by atoms with Crippen LogP contribution in [0.5, 0.6) is 5.75 Å². The highest BCUT2D eigenvalue weighted by atomic mass is 79.9. The lowest BCUT2D eigenvalue weighted by molar-refractivity contribution is -0.104. The highest BCUT2D eigenvalue weighted by molar-refractivity contribution is 9.10. The smallest absolute Gasteiger partial charge is 0.380 e. The van der Waals surface area contributed by atoms with E-state index in [1.165, 1.54) is 37.3 Å². The molecule has 0 aliphatic heterocycles. The first-order chi connectivity index (χ1) is 7.76. The van der Waals surface area contributed by atoms with Crippen LogP contribution in [0.3, 0.4) is 0 Å². The van der Waals surface area contributed by atoms with Gasteiger partial charge in [0.05, 0.1) is 7.11 Å². The highest BCUT2D eigenvalue weighted by Gasteiger charge is 2.53. The summed E-state index contributed by atoms with van der Waals surface area (Å²) in [6.07, 6.45) is 0. The molecule has 0 aliphatic carbocycles. The van der Waals surface area contributed by atoms with E-state index in [1.807, 2.05) is 5.92 Å². The quantitative estimate of drug-likeness (QED) is 0.460. The third kappa shape index (κ3) is 3.63. The van der Waals surface area contributed by atoms with Gasteiger partial charge in [-0.15, -0.1) is 0 Å². The fourth-order valence-electron chi connectivity index (χ4n) is 0.896. The van der Waals surface area contributed by atoms with E-state index in [9.17, 15) is 17.6 Å². The molecule has 92 valence electrons. The van der Waals surface area contributed by atoms with Crippen LogP contribution in [0.15, 0.2) is 24.3 Å². The Bertz CT molecular complexity index is 439. The Kier molecular flexibility index (Phi) is 4.04. The molecule has 0 aromatic heterocycles. The average Bonchev–Trinajstić information content (AvgIpc) is 2.25. The molecule has 6 heteroatoms. The number of rotatable bonds is 2. The molecule has 0 spiro atoms. The molecule has 0 bridgehead atoms. The van der Waals surface area contributed by atoms with Gasteiger partial charge in [0.25, 0.3) is 0 Å². The zero-order chi connectivity index (χ0) is 13.1. The molecule has 0 heterocycles. The molecule has 0 fully saturated rings. The molecule has 0 unspecified atom stereocenters. The van der Waals surface area contributed by atoms with Crippen LogP contribution in [0.2, 0.25) is 0 Å². The minimum atomic E-state index is -4.42. The van der Waals surface area contributed by atoms with Crippen molar-refractivity contribution in [1.82, 2.24) is 0 Å². The first kappa shape index (κ1) is 13.8. The van der Waals surface area contributed by atoms with E-state index in [0.29, 0.717) is 5.75 Å². The van der Waals surface area contributed by atoms with E-state index >= 15 is 0 Å². The van der Waals surface area contributed by atoms with Crippen molar-refractivity contribution in [3.05, 3.63) is 29.8 Å². The maximum Gasteiger partial charge on any atom is 0.380 e. The Balaban J connectivity index is 2.91. The van der Waals surface area contributed by atoms with Gasteiger partial charge in [-0.05, 0) is 46.1 Å². The Morgan fingerprint density at radius 1 is 1.12 bits per heavy atom. The normalized spacial score (nSPS) is 11.6. The van der Waals surface area contributed by atoms with Gasteiger partial charge in [0, 0.05) is 5.56 Å². The summed E-state index contributed by atoms with van der Waals surface area (Å²) in [6.45, 7) is 0. The molecule has 17 heavy (non-hydrogen) atoms. The second kappa shape index (κ2) is 4.96. The van der Waals surface area contributed by atoms with Crippen molar-refractivity contribution < 1.29 is 22.3 Å². The van der Waals surface area contributed by atoms with Gasteiger partial charge in [-0.25, -0.2) is 0 Å². The topological polar surface area (TPSA) is 9.23 Å². The van der Waals surface area contributed by atoms with Gasteiger partial charge in [0.1, 0.15) is 5.75 Å². The monoisotopic (exact) mass is 310 g/mol. The van der Waals surface area contributed by atoms with Gasteiger partial charge >= 0.3 is 10.8 Å². The summed E-state index contributed by atoms with van der Waals surface area (Å²) in [5.41, 5.74) is 0.197. The number of hydrogen-bond donors (Lipinski definition) is 0. The molecule has 0 saturated carbocycles. The van der Waals surface area contributed by atoms with Gasteiger partial charge in [-0.3, -0.25) is 0 Å². The standard InChI is InChI=1S/C11H7BrF4O/c1-17-9-4-2-8(3-5-9)6-7-10(13,14)11(12,15)16/h2-5H,1H3. The van der Waals surface area contributed by atoms with Crippen LogP contribution in [0.25, 0.3) is 0 Å². The van der Waals surface area contributed by atoms with Gasteiger partial charge in [-0.2, -0.15) is 17.6 Å².